The summed E-state index contributed by atoms with van der Waals surface area (Å²) in [6.07, 6.45) is 4.12. The van der Waals surface area contributed by atoms with Crippen molar-refractivity contribution in [2.24, 2.45) is 0 Å². The number of hydrogen-bond donors (Lipinski definition) is 1. The van der Waals surface area contributed by atoms with Crippen molar-refractivity contribution < 1.29 is 14.3 Å². The molecule has 0 atom stereocenters. The van der Waals surface area contributed by atoms with Crippen molar-refractivity contribution in [1.29, 1.82) is 0 Å². The van der Waals surface area contributed by atoms with Gasteiger partial charge in [-0.2, -0.15) is 0 Å². The molecule has 0 aliphatic heterocycles. The Morgan fingerprint density at radius 1 is 1.15 bits per heavy atom. The quantitative estimate of drug-likeness (QED) is 0.722. The molecule has 27 heavy (non-hydrogen) atoms. The van der Waals surface area contributed by atoms with E-state index in [-0.39, 0.29) is 18.3 Å². The highest BCUT2D eigenvalue weighted by molar-refractivity contribution is 5.92. The van der Waals surface area contributed by atoms with Crippen molar-refractivity contribution in [3.8, 4) is 0 Å². The van der Waals surface area contributed by atoms with E-state index in [1.54, 1.807) is 6.20 Å². The molecule has 0 unspecified atom stereocenters. The number of H-pyrrole nitrogens is 1. The van der Waals surface area contributed by atoms with Gasteiger partial charge in [0.15, 0.2) is 5.82 Å². The maximum absolute atomic E-state index is 12.9. The van der Waals surface area contributed by atoms with E-state index >= 15 is 0 Å². The summed E-state index contributed by atoms with van der Waals surface area (Å²) < 4.78 is 5.39. The number of amides is 1. The first kappa shape index (κ1) is 20.7. The number of aromatic nitrogens is 2. The van der Waals surface area contributed by atoms with Crippen molar-refractivity contribution >= 4 is 11.9 Å². The van der Waals surface area contributed by atoms with E-state index in [9.17, 15) is 9.59 Å². The number of rotatable bonds is 8. The van der Waals surface area contributed by atoms with E-state index in [4.69, 9.17) is 4.74 Å². The zero-order valence-corrected chi connectivity index (χ0v) is 16.6. The van der Waals surface area contributed by atoms with Crippen molar-refractivity contribution in [2.45, 2.75) is 52.6 Å². The number of ether oxygens (including phenoxy) is 1. The number of benzene rings is 1. The van der Waals surface area contributed by atoms with E-state index in [1.165, 1.54) is 4.90 Å². The number of esters is 1. The average Bonchev–Trinajstić information content (AvgIpc) is 3.06. The molecule has 1 amide bonds. The molecule has 1 aromatic carbocycles. The monoisotopic (exact) mass is 371 g/mol. The van der Waals surface area contributed by atoms with Crippen LogP contribution >= 0.6 is 0 Å². The molecule has 0 radical (unpaired) electrons. The van der Waals surface area contributed by atoms with Crippen LogP contribution in [0.15, 0.2) is 36.5 Å². The largest absolute Gasteiger partial charge is 0.459 e. The molecule has 2 aromatic rings. The molecule has 2 rings (SSSR count). The number of imidazole rings is 1. The van der Waals surface area contributed by atoms with Gasteiger partial charge in [-0.05, 0) is 39.2 Å². The lowest BCUT2D eigenvalue weighted by Crippen LogP contribution is -2.40. The Morgan fingerprint density at radius 2 is 1.85 bits per heavy atom. The summed E-state index contributed by atoms with van der Waals surface area (Å²) >= 11 is 0. The normalized spacial score (nSPS) is 11.3. The number of carbonyl (C=O) groups is 2. The van der Waals surface area contributed by atoms with Crippen LogP contribution in [-0.2, 0) is 22.4 Å². The van der Waals surface area contributed by atoms with Crippen LogP contribution in [0.3, 0.4) is 0 Å². The van der Waals surface area contributed by atoms with Crippen LogP contribution in [0.25, 0.3) is 0 Å². The average molecular weight is 371 g/mol. The summed E-state index contributed by atoms with van der Waals surface area (Å²) in [5, 5.41) is 0. The fourth-order valence-corrected chi connectivity index (χ4v) is 2.70. The molecule has 0 saturated carbocycles. The van der Waals surface area contributed by atoms with Gasteiger partial charge in [0.2, 0.25) is 0 Å². The molecule has 0 spiro atoms. The van der Waals surface area contributed by atoms with Gasteiger partial charge in [0.25, 0.3) is 5.91 Å². The van der Waals surface area contributed by atoms with Crippen molar-refractivity contribution in [1.82, 2.24) is 14.9 Å². The number of hydrogen-bond acceptors (Lipinski definition) is 4. The lowest BCUT2D eigenvalue weighted by atomic mass is 10.1. The van der Waals surface area contributed by atoms with Gasteiger partial charge in [-0.1, -0.05) is 43.7 Å². The first-order valence-corrected chi connectivity index (χ1v) is 9.37. The summed E-state index contributed by atoms with van der Waals surface area (Å²) in [5.41, 5.74) is 1.43. The summed E-state index contributed by atoms with van der Waals surface area (Å²) in [6.45, 7) is 7.80. The van der Waals surface area contributed by atoms with E-state index in [0.29, 0.717) is 13.0 Å². The van der Waals surface area contributed by atoms with Crippen LogP contribution in [0.2, 0.25) is 0 Å². The van der Waals surface area contributed by atoms with E-state index < -0.39 is 11.6 Å². The number of aromatic amines is 1. The van der Waals surface area contributed by atoms with Crippen molar-refractivity contribution in [2.75, 3.05) is 13.1 Å². The fourth-order valence-electron chi connectivity index (χ4n) is 2.70. The Bertz CT molecular complexity index is 748. The third kappa shape index (κ3) is 6.89. The molecule has 0 fully saturated rings. The Morgan fingerprint density at radius 3 is 2.48 bits per heavy atom. The Labute approximate surface area is 160 Å². The fraction of sp³-hybridized carbons (Fsp3) is 0.476. The molecular formula is C21H29N3O3. The van der Waals surface area contributed by atoms with Crippen molar-refractivity contribution in [3.63, 3.8) is 0 Å². The Kier molecular flexibility index (Phi) is 7.16. The molecule has 0 aliphatic rings. The lowest BCUT2D eigenvalue weighted by Gasteiger charge is -2.24. The molecule has 0 saturated heterocycles. The molecular weight excluding hydrogens is 342 g/mol. The van der Waals surface area contributed by atoms with Crippen LogP contribution in [0.4, 0.5) is 0 Å². The molecule has 146 valence electrons. The van der Waals surface area contributed by atoms with Gasteiger partial charge >= 0.3 is 5.97 Å². The predicted molar refractivity (Wildman–Crippen MR) is 104 cm³/mol. The minimum absolute atomic E-state index is 0.104. The number of nitrogens with one attached hydrogen (secondary N) is 1. The van der Waals surface area contributed by atoms with E-state index in [2.05, 4.69) is 16.9 Å². The van der Waals surface area contributed by atoms with E-state index in [0.717, 1.165) is 24.1 Å². The van der Waals surface area contributed by atoms with Crippen LogP contribution < -0.4 is 0 Å². The maximum atomic E-state index is 12.9. The second kappa shape index (κ2) is 9.35. The number of aryl methyl sites for hydroxylation is 1. The second-order valence-corrected chi connectivity index (χ2v) is 7.56. The maximum Gasteiger partial charge on any atom is 0.326 e. The third-order valence-electron chi connectivity index (χ3n) is 3.89. The van der Waals surface area contributed by atoms with Crippen LogP contribution in [0, 0.1) is 0 Å². The van der Waals surface area contributed by atoms with Crippen molar-refractivity contribution in [3.05, 3.63) is 53.6 Å². The van der Waals surface area contributed by atoms with Crippen LogP contribution in [0.5, 0.6) is 0 Å². The Balaban J connectivity index is 2.11. The van der Waals surface area contributed by atoms with Gasteiger partial charge in [0.1, 0.15) is 12.1 Å². The van der Waals surface area contributed by atoms with E-state index in [1.807, 2.05) is 51.1 Å². The summed E-state index contributed by atoms with van der Waals surface area (Å²) in [7, 11) is 0. The highest BCUT2D eigenvalue weighted by atomic mass is 16.6. The first-order valence-electron chi connectivity index (χ1n) is 9.37. The zero-order valence-electron chi connectivity index (χ0n) is 16.6. The molecule has 1 aromatic heterocycles. The first-order chi connectivity index (χ1) is 12.8. The smallest absolute Gasteiger partial charge is 0.326 e. The minimum Gasteiger partial charge on any atom is -0.459 e. The van der Waals surface area contributed by atoms with Gasteiger partial charge < -0.3 is 14.6 Å². The summed E-state index contributed by atoms with van der Waals surface area (Å²) in [4.78, 5) is 33.9. The SMILES string of the molecule is CCCc1cnc(C(=O)N(CCc2ccccc2)CC(=O)OC(C)(C)C)[nH]1. The molecule has 1 heterocycles. The van der Waals surface area contributed by atoms with Gasteiger partial charge in [-0.25, -0.2) is 4.98 Å². The van der Waals surface area contributed by atoms with Crippen LogP contribution in [-0.4, -0.2) is 45.4 Å². The number of carbonyl (C=O) groups excluding carboxylic acids is 2. The highest BCUT2D eigenvalue weighted by Crippen LogP contribution is 2.11. The second-order valence-electron chi connectivity index (χ2n) is 7.56. The molecule has 6 heteroatoms. The summed E-state index contributed by atoms with van der Waals surface area (Å²) in [6, 6.07) is 9.87. The zero-order chi connectivity index (χ0) is 19.9. The lowest BCUT2D eigenvalue weighted by molar-refractivity contribution is -0.155. The third-order valence-corrected chi connectivity index (χ3v) is 3.89. The van der Waals surface area contributed by atoms with Gasteiger partial charge in [0.05, 0.1) is 0 Å². The van der Waals surface area contributed by atoms with Crippen LogP contribution in [0.1, 0.15) is 56.0 Å². The van der Waals surface area contributed by atoms with Gasteiger partial charge in [-0.15, -0.1) is 0 Å². The Hall–Kier alpha value is -2.63. The highest BCUT2D eigenvalue weighted by Gasteiger charge is 2.24. The van der Waals surface area contributed by atoms with Gasteiger partial charge in [0, 0.05) is 18.4 Å². The summed E-state index contributed by atoms with van der Waals surface area (Å²) in [5.74, 6) is -0.460. The minimum atomic E-state index is -0.593. The van der Waals surface area contributed by atoms with Gasteiger partial charge in [-0.3, -0.25) is 9.59 Å². The molecule has 6 nitrogen and oxygen atoms in total. The number of nitrogens with zero attached hydrogens (tertiary/aromatic N) is 2. The standard InChI is InChI=1S/C21H29N3O3/c1-5-9-17-14-22-19(23-17)20(26)24(15-18(25)27-21(2,3)4)13-12-16-10-7-6-8-11-16/h6-8,10-11,14H,5,9,12-13,15H2,1-4H3,(H,22,23). The molecule has 1 N–H and O–H groups in total. The molecule has 0 aliphatic carbocycles. The topological polar surface area (TPSA) is 75.3 Å². The molecule has 0 bridgehead atoms. The predicted octanol–water partition coefficient (Wildman–Crippen LogP) is 3.39.